The zero-order valence-corrected chi connectivity index (χ0v) is 12.2. The number of thiophene rings is 1. The highest BCUT2D eigenvalue weighted by molar-refractivity contribution is 7.18. The van der Waals surface area contributed by atoms with E-state index in [4.69, 9.17) is 11.0 Å². The van der Waals surface area contributed by atoms with Crippen LogP contribution in [0.25, 0.3) is 10.2 Å². The molecule has 6 heteroatoms. The van der Waals surface area contributed by atoms with Crippen LogP contribution in [0.3, 0.4) is 0 Å². The van der Waals surface area contributed by atoms with E-state index in [1.165, 1.54) is 4.88 Å². The standard InChI is InChI=1S/C15H13N5S/c1-9-5-12-13(19-15(17)20-14(12)21-9)18-8-11-4-2-3-10(6-11)7-16/h2-6H,8H2,1H3,(H3,17,18,19,20). The number of rotatable bonds is 3. The van der Waals surface area contributed by atoms with E-state index >= 15 is 0 Å². The predicted molar refractivity (Wildman–Crippen MR) is 85.0 cm³/mol. The monoisotopic (exact) mass is 295 g/mol. The minimum Gasteiger partial charge on any atom is -0.368 e. The van der Waals surface area contributed by atoms with E-state index in [1.54, 1.807) is 17.4 Å². The first kappa shape index (κ1) is 13.3. The summed E-state index contributed by atoms with van der Waals surface area (Å²) in [7, 11) is 0. The van der Waals surface area contributed by atoms with E-state index < -0.39 is 0 Å². The molecule has 104 valence electrons. The molecule has 3 N–H and O–H groups in total. The average Bonchev–Trinajstić information content (AvgIpc) is 2.85. The Hall–Kier alpha value is -2.65. The smallest absolute Gasteiger partial charge is 0.223 e. The van der Waals surface area contributed by atoms with Crippen molar-refractivity contribution in [2.24, 2.45) is 0 Å². The van der Waals surface area contributed by atoms with Gasteiger partial charge < -0.3 is 11.1 Å². The SMILES string of the molecule is Cc1cc2c(NCc3cccc(C#N)c3)nc(N)nc2s1. The largest absolute Gasteiger partial charge is 0.368 e. The molecule has 0 aliphatic carbocycles. The van der Waals surface area contributed by atoms with Crippen LogP contribution in [0.2, 0.25) is 0 Å². The molecule has 0 saturated carbocycles. The van der Waals surface area contributed by atoms with E-state index in [0.717, 1.165) is 21.6 Å². The molecule has 0 aliphatic heterocycles. The number of nitrogens with one attached hydrogen (secondary N) is 1. The van der Waals surface area contributed by atoms with Gasteiger partial charge in [0.1, 0.15) is 10.6 Å². The van der Waals surface area contributed by atoms with Gasteiger partial charge in [0.2, 0.25) is 5.95 Å². The number of benzene rings is 1. The van der Waals surface area contributed by atoms with E-state index in [1.807, 2.05) is 31.2 Å². The molecule has 0 radical (unpaired) electrons. The van der Waals surface area contributed by atoms with Crippen LogP contribution in [0.1, 0.15) is 16.0 Å². The molecule has 5 nitrogen and oxygen atoms in total. The molecule has 0 fully saturated rings. The number of anilines is 2. The third kappa shape index (κ3) is 2.78. The van der Waals surface area contributed by atoms with Gasteiger partial charge in [-0.25, -0.2) is 4.98 Å². The van der Waals surface area contributed by atoms with Gasteiger partial charge in [-0.05, 0) is 30.7 Å². The topological polar surface area (TPSA) is 87.6 Å². The van der Waals surface area contributed by atoms with Crippen LogP contribution in [-0.4, -0.2) is 9.97 Å². The third-order valence-corrected chi connectivity index (χ3v) is 3.99. The van der Waals surface area contributed by atoms with E-state index in [0.29, 0.717) is 12.1 Å². The van der Waals surface area contributed by atoms with Gasteiger partial charge in [0.05, 0.1) is 17.0 Å². The van der Waals surface area contributed by atoms with Crippen molar-refractivity contribution in [1.29, 1.82) is 5.26 Å². The lowest BCUT2D eigenvalue weighted by Crippen LogP contribution is -2.04. The van der Waals surface area contributed by atoms with Gasteiger partial charge in [0, 0.05) is 11.4 Å². The second-order valence-electron chi connectivity index (χ2n) is 4.67. The van der Waals surface area contributed by atoms with Crippen molar-refractivity contribution in [3.63, 3.8) is 0 Å². The second-order valence-corrected chi connectivity index (χ2v) is 5.91. The Morgan fingerprint density at radius 2 is 2.19 bits per heavy atom. The van der Waals surface area contributed by atoms with Crippen LogP contribution >= 0.6 is 11.3 Å². The first-order chi connectivity index (χ1) is 10.2. The highest BCUT2D eigenvalue weighted by Crippen LogP contribution is 2.29. The van der Waals surface area contributed by atoms with Crippen LogP contribution in [0.4, 0.5) is 11.8 Å². The Morgan fingerprint density at radius 3 is 3.00 bits per heavy atom. The lowest BCUT2D eigenvalue weighted by Gasteiger charge is -2.07. The molecule has 0 atom stereocenters. The van der Waals surface area contributed by atoms with Crippen LogP contribution < -0.4 is 11.1 Å². The molecule has 1 aromatic carbocycles. The van der Waals surface area contributed by atoms with E-state index in [-0.39, 0.29) is 5.95 Å². The Bertz CT molecular complexity index is 847. The number of aryl methyl sites for hydroxylation is 1. The third-order valence-electron chi connectivity index (χ3n) is 3.05. The number of fused-ring (bicyclic) bond motifs is 1. The number of nitrogens with zero attached hydrogens (tertiary/aromatic N) is 3. The summed E-state index contributed by atoms with van der Waals surface area (Å²) in [6, 6.07) is 11.7. The summed E-state index contributed by atoms with van der Waals surface area (Å²) in [5.74, 6) is 0.988. The zero-order chi connectivity index (χ0) is 14.8. The van der Waals surface area contributed by atoms with Gasteiger partial charge in [-0.15, -0.1) is 11.3 Å². The van der Waals surface area contributed by atoms with Crippen molar-refractivity contribution in [1.82, 2.24) is 9.97 Å². The summed E-state index contributed by atoms with van der Waals surface area (Å²) in [6.07, 6.45) is 0. The summed E-state index contributed by atoms with van der Waals surface area (Å²) in [4.78, 5) is 10.6. The number of hydrogen-bond donors (Lipinski definition) is 2. The van der Waals surface area contributed by atoms with Gasteiger partial charge in [-0.1, -0.05) is 12.1 Å². The van der Waals surface area contributed by atoms with Crippen LogP contribution in [0.15, 0.2) is 30.3 Å². The molecule has 0 unspecified atom stereocenters. The number of nitrogen functional groups attached to an aromatic ring is 1. The van der Waals surface area contributed by atoms with Gasteiger partial charge >= 0.3 is 0 Å². The van der Waals surface area contributed by atoms with Gasteiger partial charge in [-0.2, -0.15) is 10.2 Å². The molecule has 0 spiro atoms. The summed E-state index contributed by atoms with van der Waals surface area (Å²) < 4.78 is 0. The number of nitrogens with two attached hydrogens (primary N) is 1. The van der Waals surface area contributed by atoms with Crippen molar-refractivity contribution >= 4 is 33.3 Å². The molecule has 3 rings (SSSR count). The van der Waals surface area contributed by atoms with Gasteiger partial charge in [-0.3, -0.25) is 0 Å². The molecule has 3 aromatic rings. The fraction of sp³-hybridized carbons (Fsp3) is 0.133. The molecule has 0 aliphatic rings. The molecule has 0 bridgehead atoms. The minimum atomic E-state index is 0.262. The Balaban J connectivity index is 1.89. The minimum absolute atomic E-state index is 0.262. The predicted octanol–water partition coefficient (Wildman–Crippen LogP) is 3.07. The van der Waals surface area contributed by atoms with Crippen LogP contribution in [0.5, 0.6) is 0 Å². The quantitative estimate of drug-likeness (QED) is 0.775. The Morgan fingerprint density at radius 1 is 1.33 bits per heavy atom. The summed E-state index contributed by atoms with van der Waals surface area (Å²) in [6.45, 7) is 2.61. The van der Waals surface area contributed by atoms with Crippen molar-refractivity contribution in [3.8, 4) is 6.07 Å². The highest BCUT2D eigenvalue weighted by Gasteiger charge is 2.09. The van der Waals surface area contributed by atoms with Crippen molar-refractivity contribution in [2.75, 3.05) is 11.1 Å². The van der Waals surface area contributed by atoms with E-state index in [2.05, 4.69) is 21.4 Å². The first-order valence-corrected chi connectivity index (χ1v) is 7.24. The summed E-state index contributed by atoms with van der Waals surface area (Å²) in [5.41, 5.74) is 7.42. The number of hydrogen-bond acceptors (Lipinski definition) is 6. The number of aromatic nitrogens is 2. The summed E-state index contributed by atoms with van der Waals surface area (Å²) in [5, 5.41) is 13.2. The molecule has 0 saturated heterocycles. The molecular formula is C15H13N5S. The lowest BCUT2D eigenvalue weighted by atomic mass is 10.1. The normalized spacial score (nSPS) is 10.5. The van der Waals surface area contributed by atoms with E-state index in [9.17, 15) is 0 Å². The highest BCUT2D eigenvalue weighted by atomic mass is 32.1. The number of nitriles is 1. The van der Waals surface area contributed by atoms with Crippen LogP contribution in [-0.2, 0) is 6.54 Å². The fourth-order valence-corrected chi connectivity index (χ4v) is 3.02. The maximum absolute atomic E-state index is 8.92. The van der Waals surface area contributed by atoms with Crippen molar-refractivity contribution < 1.29 is 0 Å². The maximum atomic E-state index is 8.92. The average molecular weight is 295 g/mol. The molecular weight excluding hydrogens is 282 g/mol. The molecule has 2 aromatic heterocycles. The van der Waals surface area contributed by atoms with Gasteiger partial charge in [0.15, 0.2) is 0 Å². The zero-order valence-electron chi connectivity index (χ0n) is 11.4. The molecule has 2 heterocycles. The Labute approximate surface area is 126 Å². The Kier molecular flexibility index (Phi) is 3.42. The van der Waals surface area contributed by atoms with Crippen molar-refractivity contribution in [2.45, 2.75) is 13.5 Å². The molecule has 21 heavy (non-hydrogen) atoms. The van der Waals surface area contributed by atoms with Crippen LogP contribution in [0, 0.1) is 18.3 Å². The second kappa shape index (κ2) is 5.38. The first-order valence-electron chi connectivity index (χ1n) is 6.42. The fourth-order valence-electron chi connectivity index (χ4n) is 2.13. The summed E-state index contributed by atoms with van der Waals surface area (Å²) >= 11 is 1.59. The molecule has 0 amide bonds. The van der Waals surface area contributed by atoms with Gasteiger partial charge in [0.25, 0.3) is 0 Å². The lowest BCUT2D eigenvalue weighted by molar-refractivity contribution is 1.11. The maximum Gasteiger partial charge on any atom is 0.223 e. The van der Waals surface area contributed by atoms with Crippen molar-refractivity contribution in [3.05, 3.63) is 46.3 Å².